The van der Waals surface area contributed by atoms with Gasteiger partial charge in [-0.3, -0.25) is 0 Å². The molecule has 32 heavy (non-hydrogen) atoms. The first-order chi connectivity index (χ1) is 15.6. The molecule has 3 rings (SSSR count). The molecule has 1 aliphatic heterocycles. The molecule has 0 amide bonds. The van der Waals surface area contributed by atoms with Gasteiger partial charge < -0.3 is 9.47 Å². The summed E-state index contributed by atoms with van der Waals surface area (Å²) in [5.41, 5.74) is 1.35. The number of hydrogen-bond donors (Lipinski definition) is 0. The fourth-order valence-corrected chi connectivity index (χ4v) is 9.53. The van der Waals surface area contributed by atoms with Gasteiger partial charge in [0.15, 0.2) is 0 Å². The molecule has 0 spiro atoms. The molecule has 2 nitrogen and oxygen atoms in total. The van der Waals surface area contributed by atoms with Crippen molar-refractivity contribution in [3.63, 3.8) is 0 Å². The van der Waals surface area contributed by atoms with Crippen molar-refractivity contribution >= 4 is 8.80 Å². The lowest BCUT2D eigenvalue weighted by atomic mass is 9.76. The molecule has 0 aromatic heterocycles. The zero-order valence-electron chi connectivity index (χ0n) is 20.1. The van der Waals surface area contributed by atoms with Crippen molar-refractivity contribution in [2.75, 3.05) is 20.3 Å². The van der Waals surface area contributed by atoms with Crippen LogP contribution < -0.4 is 4.74 Å². The van der Waals surface area contributed by atoms with Crippen LogP contribution in [0.3, 0.4) is 0 Å². The minimum Gasteiger partial charge on any atom is -0.488 e. The molecule has 1 aromatic carbocycles. The van der Waals surface area contributed by atoms with Crippen molar-refractivity contribution < 1.29 is 18.3 Å². The van der Waals surface area contributed by atoms with Gasteiger partial charge >= 0.3 is 0 Å². The number of rotatable bonds is 13. The Morgan fingerprint density at radius 1 is 0.875 bits per heavy atom. The average Bonchev–Trinajstić information content (AvgIpc) is 2.83. The number of ether oxygens (including phenoxy) is 2. The molecule has 1 heterocycles. The van der Waals surface area contributed by atoms with E-state index in [4.69, 9.17) is 9.47 Å². The van der Waals surface area contributed by atoms with Crippen LogP contribution in [0.4, 0.5) is 8.78 Å². The minimum absolute atomic E-state index is 0.419. The van der Waals surface area contributed by atoms with Crippen LogP contribution >= 0.6 is 0 Å². The number of hydrogen-bond acceptors (Lipinski definition) is 2. The predicted octanol–water partition coefficient (Wildman–Crippen LogP) is 7.84. The van der Waals surface area contributed by atoms with Crippen LogP contribution in [0, 0.1) is 11.8 Å². The van der Waals surface area contributed by atoms with Gasteiger partial charge in [0.1, 0.15) is 12.4 Å². The van der Waals surface area contributed by atoms with Crippen LogP contribution in [0.5, 0.6) is 5.75 Å². The number of halogens is 2. The monoisotopic (exact) mass is 466 g/mol. The molecule has 1 aromatic rings. The lowest BCUT2D eigenvalue weighted by Crippen LogP contribution is -2.22. The molecule has 2 fully saturated rings. The molecule has 0 bridgehead atoms. The maximum Gasteiger partial charge on any atom is 0.272 e. The van der Waals surface area contributed by atoms with E-state index in [1.807, 2.05) is 12.1 Å². The number of benzene rings is 1. The highest BCUT2D eigenvalue weighted by Gasteiger charge is 2.25. The first kappa shape index (κ1) is 25.7. The molecule has 1 saturated heterocycles. The van der Waals surface area contributed by atoms with Gasteiger partial charge in [0, 0.05) is 22.5 Å². The Balaban J connectivity index is 1.27. The van der Waals surface area contributed by atoms with Gasteiger partial charge in [-0.05, 0) is 67.6 Å². The second kappa shape index (κ2) is 14.3. The second-order valence-corrected chi connectivity index (χ2v) is 13.8. The van der Waals surface area contributed by atoms with Gasteiger partial charge in [0.25, 0.3) is 6.43 Å². The summed E-state index contributed by atoms with van der Waals surface area (Å²) >= 11 is 0. The van der Waals surface area contributed by atoms with E-state index in [1.165, 1.54) is 76.2 Å². The topological polar surface area (TPSA) is 18.5 Å². The number of methoxy groups -OCH3 is 1. The van der Waals surface area contributed by atoms with Crippen LogP contribution in [0.15, 0.2) is 24.3 Å². The summed E-state index contributed by atoms with van der Waals surface area (Å²) in [7, 11) is 1.39. The van der Waals surface area contributed by atoms with E-state index in [1.54, 1.807) is 25.2 Å². The lowest BCUT2D eigenvalue weighted by molar-refractivity contribution is 0.0819. The van der Waals surface area contributed by atoms with Crippen molar-refractivity contribution in [1.29, 1.82) is 0 Å². The van der Waals surface area contributed by atoms with E-state index in [-0.39, 0.29) is 0 Å². The Bertz CT molecular complexity index is 609. The zero-order chi connectivity index (χ0) is 22.6. The smallest absolute Gasteiger partial charge is 0.272 e. The third kappa shape index (κ3) is 9.13. The van der Waals surface area contributed by atoms with E-state index in [0.717, 1.165) is 18.4 Å². The molecule has 0 unspecified atom stereocenters. The third-order valence-corrected chi connectivity index (χ3v) is 11.5. The fraction of sp³-hybridized carbons (Fsp3) is 0.778. The van der Waals surface area contributed by atoms with Gasteiger partial charge in [0.2, 0.25) is 0 Å². The third-order valence-electron chi connectivity index (χ3n) is 7.98. The fourth-order valence-electron chi connectivity index (χ4n) is 5.92. The van der Waals surface area contributed by atoms with Crippen molar-refractivity contribution in [3.05, 3.63) is 29.8 Å². The Kier molecular flexibility index (Phi) is 11.5. The molecule has 1 saturated carbocycles. The average molecular weight is 467 g/mol. The van der Waals surface area contributed by atoms with E-state index >= 15 is 0 Å². The molecule has 0 N–H and O–H groups in total. The van der Waals surface area contributed by atoms with E-state index in [0.29, 0.717) is 11.7 Å². The highest BCUT2D eigenvalue weighted by Crippen LogP contribution is 2.40. The van der Waals surface area contributed by atoms with Gasteiger partial charge in [-0.2, -0.15) is 0 Å². The van der Waals surface area contributed by atoms with Crippen molar-refractivity contribution in [2.45, 2.75) is 101 Å². The quantitative estimate of drug-likeness (QED) is 0.218. The normalized spacial score (nSPS) is 26.4. The molecule has 5 heteroatoms. The highest BCUT2D eigenvalue weighted by molar-refractivity contribution is 6.58. The van der Waals surface area contributed by atoms with Crippen LogP contribution in [-0.4, -0.2) is 35.5 Å². The largest absolute Gasteiger partial charge is 0.488 e. The first-order valence-electron chi connectivity index (χ1n) is 13.1. The summed E-state index contributed by atoms with van der Waals surface area (Å²) in [6, 6.07) is 12.6. The Morgan fingerprint density at radius 2 is 1.53 bits per heavy atom. The molecule has 182 valence electrons. The Hall–Kier alpha value is -0.943. The van der Waals surface area contributed by atoms with Gasteiger partial charge in [-0.15, -0.1) is 0 Å². The molecule has 2 aliphatic rings. The van der Waals surface area contributed by atoms with Crippen LogP contribution in [-0.2, 0) is 4.74 Å². The summed E-state index contributed by atoms with van der Waals surface area (Å²) in [4.78, 5) is 0. The molecule has 0 atom stereocenters. The van der Waals surface area contributed by atoms with Gasteiger partial charge in [-0.1, -0.05) is 68.8 Å². The highest BCUT2D eigenvalue weighted by atomic mass is 28.3. The summed E-state index contributed by atoms with van der Waals surface area (Å²) in [6.45, 7) is 0.407. The van der Waals surface area contributed by atoms with Crippen molar-refractivity contribution in [1.82, 2.24) is 0 Å². The van der Waals surface area contributed by atoms with Gasteiger partial charge in [0.05, 0.1) is 0 Å². The standard InChI is InChI=1S/C27H44F2O2Si/c1-30-17-3-2-4-18-32-19-15-23(16-20-32)6-5-22-7-9-24(10-8-22)25-11-13-26(14-12-25)31-21-27(28)29/h11-14,22-24,27,32H,2-10,15-21H2,1H3/t22-,23-,24-,32-. The van der Waals surface area contributed by atoms with Crippen molar-refractivity contribution in [2.24, 2.45) is 11.8 Å². The minimum atomic E-state index is -2.42. The van der Waals surface area contributed by atoms with E-state index in [9.17, 15) is 8.78 Å². The maximum absolute atomic E-state index is 12.3. The number of alkyl halides is 2. The molecule has 0 radical (unpaired) electrons. The van der Waals surface area contributed by atoms with Crippen molar-refractivity contribution in [3.8, 4) is 5.75 Å². The maximum atomic E-state index is 12.3. The van der Waals surface area contributed by atoms with Crippen LogP contribution in [0.2, 0.25) is 18.1 Å². The summed E-state index contributed by atoms with van der Waals surface area (Å²) in [5.74, 6) is 3.09. The predicted molar refractivity (Wildman–Crippen MR) is 132 cm³/mol. The summed E-state index contributed by atoms with van der Waals surface area (Å²) in [6.07, 6.45) is 12.8. The molecular weight excluding hydrogens is 422 g/mol. The van der Waals surface area contributed by atoms with E-state index < -0.39 is 21.8 Å². The lowest BCUT2D eigenvalue weighted by Gasteiger charge is -2.32. The Labute approximate surface area is 196 Å². The number of unbranched alkanes of at least 4 members (excludes halogenated alkanes) is 2. The summed E-state index contributed by atoms with van der Waals surface area (Å²) in [5, 5.41) is 0. The second-order valence-electron chi connectivity index (χ2n) is 10.3. The zero-order valence-corrected chi connectivity index (χ0v) is 21.2. The Morgan fingerprint density at radius 3 is 2.16 bits per heavy atom. The van der Waals surface area contributed by atoms with Crippen LogP contribution in [0.1, 0.15) is 82.1 Å². The summed E-state index contributed by atoms with van der Waals surface area (Å²) < 4.78 is 34.8. The SMILES string of the molecule is COCCCCC[Si@H]1CC[C@H](CC[C@H]2CC[C@H](c3ccc(OCC(F)F)cc3)CC2)CC1. The van der Waals surface area contributed by atoms with E-state index in [2.05, 4.69) is 12.1 Å². The molecular formula is C27H44F2O2Si. The first-order valence-corrected chi connectivity index (χ1v) is 15.6. The van der Waals surface area contributed by atoms with Gasteiger partial charge in [-0.25, -0.2) is 8.78 Å². The molecule has 1 aliphatic carbocycles. The van der Waals surface area contributed by atoms with Crippen LogP contribution in [0.25, 0.3) is 0 Å².